The Hall–Kier alpha value is -1.42. The van der Waals surface area contributed by atoms with E-state index in [1.807, 2.05) is 23.8 Å². The van der Waals surface area contributed by atoms with Crippen molar-refractivity contribution in [1.29, 1.82) is 0 Å². The summed E-state index contributed by atoms with van der Waals surface area (Å²) in [6, 6.07) is 4.10. The molecule has 0 aliphatic rings. The first kappa shape index (κ1) is 12.0. The molecule has 0 saturated heterocycles. The quantitative estimate of drug-likeness (QED) is 0.877. The maximum absolute atomic E-state index is 4.61. The molecule has 4 heteroatoms. The van der Waals surface area contributed by atoms with Crippen LogP contribution in [0.1, 0.15) is 32.2 Å². The van der Waals surface area contributed by atoms with E-state index in [2.05, 4.69) is 42.2 Å². The molecule has 0 saturated carbocycles. The highest BCUT2D eigenvalue weighted by atomic mass is 15.3. The Labute approximate surface area is 102 Å². The summed E-state index contributed by atoms with van der Waals surface area (Å²) in [5.74, 6) is 0. The van der Waals surface area contributed by atoms with E-state index in [-0.39, 0.29) is 5.41 Å². The number of fused-ring (bicyclic) bond motifs is 1. The lowest BCUT2D eigenvalue weighted by molar-refractivity contribution is 0.554. The molecular weight excluding hydrogens is 212 g/mol. The van der Waals surface area contributed by atoms with Gasteiger partial charge >= 0.3 is 0 Å². The average Bonchev–Trinajstić information content (AvgIpc) is 2.66. The number of nitrogens with zero attached hydrogens (tertiary/aromatic N) is 3. The van der Waals surface area contributed by atoms with Gasteiger partial charge in [-0.3, -0.25) is 0 Å². The number of rotatable bonds is 3. The topological polar surface area (TPSA) is 42.2 Å². The molecule has 2 aromatic heterocycles. The van der Waals surface area contributed by atoms with Crippen LogP contribution in [-0.2, 0) is 11.8 Å². The van der Waals surface area contributed by atoms with Crippen molar-refractivity contribution in [2.45, 2.75) is 32.6 Å². The summed E-state index contributed by atoms with van der Waals surface area (Å²) in [6.45, 7) is 7.44. The molecule has 0 aromatic carbocycles. The Kier molecular flexibility index (Phi) is 3.15. The zero-order valence-corrected chi connectivity index (χ0v) is 11.0. The molecule has 0 atom stereocenters. The number of hydrogen-bond acceptors (Lipinski definition) is 3. The Morgan fingerprint density at radius 1 is 1.29 bits per heavy atom. The molecule has 2 aromatic rings. The Morgan fingerprint density at radius 2 is 2.06 bits per heavy atom. The third-order valence-electron chi connectivity index (χ3n) is 2.77. The number of imidazole rings is 1. The fourth-order valence-electron chi connectivity index (χ4n) is 1.70. The molecule has 1 N–H and O–H groups in total. The van der Waals surface area contributed by atoms with Crippen LogP contribution < -0.4 is 5.32 Å². The van der Waals surface area contributed by atoms with Crippen molar-refractivity contribution >= 4 is 5.65 Å². The van der Waals surface area contributed by atoms with Crippen LogP contribution in [0.2, 0.25) is 0 Å². The maximum atomic E-state index is 4.61. The third kappa shape index (κ3) is 2.64. The van der Waals surface area contributed by atoms with Crippen molar-refractivity contribution in [3.8, 4) is 0 Å². The molecule has 0 fully saturated rings. The minimum atomic E-state index is 0.0730. The SMILES string of the molecule is CNCCc1cn2nc(C(C)(C)C)ccc2n1. The molecule has 0 aliphatic heterocycles. The minimum Gasteiger partial charge on any atom is -0.319 e. The molecule has 2 heterocycles. The Bertz CT molecular complexity index is 508. The van der Waals surface area contributed by atoms with Gasteiger partial charge in [0.1, 0.15) is 0 Å². The van der Waals surface area contributed by atoms with Crippen molar-refractivity contribution in [2.24, 2.45) is 0 Å². The van der Waals surface area contributed by atoms with E-state index in [0.717, 1.165) is 30.0 Å². The second-order valence-corrected chi connectivity index (χ2v) is 5.36. The number of aromatic nitrogens is 3. The van der Waals surface area contributed by atoms with Gasteiger partial charge in [0, 0.05) is 18.4 Å². The first-order chi connectivity index (χ1) is 8.00. The monoisotopic (exact) mass is 232 g/mol. The van der Waals surface area contributed by atoms with Gasteiger partial charge in [0.05, 0.1) is 17.6 Å². The Balaban J connectivity index is 2.34. The van der Waals surface area contributed by atoms with Crippen molar-refractivity contribution in [1.82, 2.24) is 19.9 Å². The maximum Gasteiger partial charge on any atom is 0.153 e. The molecule has 17 heavy (non-hydrogen) atoms. The normalized spacial score (nSPS) is 12.2. The molecule has 0 radical (unpaired) electrons. The van der Waals surface area contributed by atoms with Gasteiger partial charge in [-0.15, -0.1) is 0 Å². The third-order valence-corrected chi connectivity index (χ3v) is 2.77. The van der Waals surface area contributed by atoms with Gasteiger partial charge in [0.2, 0.25) is 0 Å². The Morgan fingerprint density at radius 3 is 2.71 bits per heavy atom. The number of hydrogen-bond donors (Lipinski definition) is 1. The van der Waals surface area contributed by atoms with Gasteiger partial charge in [-0.05, 0) is 19.2 Å². The minimum absolute atomic E-state index is 0.0730. The van der Waals surface area contributed by atoms with Crippen LogP contribution in [-0.4, -0.2) is 28.2 Å². The van der Waals surface area contributed by atoms with E-state index < -0.39 is 0 Å². The summed E-state index contributed by atoms with van der Waals surface area (Å²) in [5.41, 5.74) is 3.16. The second-order valence-electron chi connectivity index (χ2n) is 5.36. The van der Waals surface area contributed by atoms with Crippen molar-refractivity contribution < 1.29 is 0 Å². The lowest BCUT2D eigenvalue weighted by Gasteiger charge is -2.16. The standard InChI is InChI=1S/C13H20N4/c1-13(2,3)11-5-6-12-15-10(7-8-14-4)9-17(12)16-11/h5-6,9,14H,7-8H2,1-4H3. The highest BCUT2D eigenvalue weighted by Gasteiger charge is 2.16. The zero-order valence-electron chi connectivity index (χ0n) is 11.0. The van der Waals surface area contributed by atoms with Crippen molar-refractivity contribution in [3.63, 3.8) is 0 Å². The molecule has 0 amide bonds. The molecule has 0 unspecified atom stereocenters. The zero-order chi connectivity index (χ0) is 12.5. The van der Waals surface area contributed by atoms with Crippen molar-refractivity contribution in [2.75, 3.05) is 13.6 Å². The van der Waals surface area contributed by atoms with Gasteiger partial charge in [-0.1, -0.05) is 20.8 Å². The van der Waals surface area contributed by atoms with Crippen LogP contribution in [0.4, 0.5) is 0 Å². The largest absolute Gasteiger partial charge is 0.319 e. The summed E-state index contributed by atoms with van der Waals surface area (Å²) < 4.78 is 1.88. The molecule has 2 rings (SSSR count). The van der Waals surface area contributed by atoms with E-state index in [4.69, 9.17) is 0 Å². The van der Waals surface area contributed by atoms with Gasteiger partial charge < -0.3 is 5.32 Å². The predicted octanol–water partition coefficient (Wildman–Crippen LogP) is 1.79. The van der Waals surface area contributed by atoms with E-state index in [1.165, 1.54) is 0 Å². The van der Waals surface area contributed by atoms with Crippen molar-refractivity contribution in [3.05, 3.63) is 29.7 Å². The first-order valence-corrected chi connectivity index (χ1v) is 6.01. The predicted molar refractivity (Wildman–Crippen MR) is 69.3 cm³/mol. The van der Waals surface area contributed by atoms with E-state index >= 15 is 0 Å². The fourth-order valence-corrected chi connectivity index (χ4v) is 1.70. The van der Waals surface area contributed by atoms with E-state index in [9.17, 15) is 0 Å². The summed E-state index contributed by atoms with van der Waals surface area (Å²) in [7, 11) is 1.95. The lowest BCUT2D eigenvalue weighted by Crippen LogP contribution is -2.15. The summed E-state index contributed by atoms with van der Waals surface area (Å²) in [6.07, 6.45) is 2.95. The number of likely N-dealkylation sites (N-methyl/N-ethyl adjacent to an activating group) is 1. The van der Waals surface area contributed by atoms with Gasteiger partial charge in [0.25, 0.3) is 0 Å². The fraction of sp³-hybridized carbons (Fsp3) is 0.538. The van der Waals surface area contributed by atoms with Crippen LogP contribution in [0.25, 0.3) is 5.65 Å². The van der Waals surface area contributed by atoms with Gasteiger partial charge in [0.15, 0.2) is 5.65 Å². The lowest BCUT2D eigenvalue weighted by atomic mass is 9.92. The van der Waals surface area contributed by atoms with Crippen LogP contribution in [0, 0.1) is 0 Å². The smallest absolute Gasteiger partial charge is 0.153 e. The van der Waals surface area contributed by atoms with Crippen LogP contribution in [0.15, 0.2) is 18.3 Å². The van der Waals surface area contributed by atoms with E-state index in [1.54, 1.807) is 0 Å². The second kappa shape index (κ2) is 4.45. The summed E-state index contributed by atoms with van der Waals surface area (Å²) in [5, 5.41) is 7.74. The van der Waals surface area contributed by atoms with Gasteiger partial charge in [-0.25, -0.2) is 9.50 Å². The average molecular weight is 232 g/mol. The molecule has 0 spiro atoms. The molecule has 0 bridgehead atoms. The molecule has 4 nitrogen and oxygen atoms in total. The summed E-state index contributed by atoms with van der Waals surface area (Å²) >= 11 is 0. The van der Waals surface area contributed by atoms with E-state index in [0.29, 0.717) is 0 Å². The highest BCUT2D eigenvalue weighted by Crippen LogP contribution is 2.19. The van der Waals surface area contributed by atoms with Crippen LogP contribution in [0.5, 0.6) is 0 Å². The highest BCUT2D eigenvalue weighted by molar-refractivity contribution is 5.39. The molecular formula is C13H20N4. The van der Waals surface area contributed by atoms with Crippen LogP contribution in [0.3, 0.4) is 0 Å². The van der Waals surface area contributed by atoms with Gasteiger partial charge in [-0.2, -0.15) is 5.10 Å². The molecule has 92 valence electrons. The van der Waals surface area contributed by atoms with Crippen LogP contribution >= 0.6 is 0 Å². The molecule has 0 aliphatic carbocycles. The number of nitrogens with one attached hydrogen (secondary N) is 1. The summed E-state index contributed by atoms with van der Waals surface area (Å²) in [4.78, 5) is 4.53. The first-order valence-electron chi connectivity index (χ1n) is 6.01.